The summed E-state index contributed by atoms with van der Waals surface area (Å²) in [4.78, 5) is 9.13. The first-order valence-corrected chi connectivity index (χ1v) is 5.73. The van der Waals surface area contributed by atoms with E-state index >= 15 is 0 Å². The van der Waals surface area contributed by atoms with Gasteiger partial charge in [-0.3, -0.25) is 0 Å². The highest BCUT2D eigenvalue weighted by atomic mass is 32.1. The van der Waals surface area contributed by atoms with Crippen LogP contribution < -0.4 is 10.6 Å². The predicted molar refractivity (Wildman–Crippen MR) is 64.3 cm³/mol. The van der Waals surface area contributed by atoms with Gasteiger partial charge < -0.3 is 10.6 Å². The number of alkyl halides is 3. The molecule has 1 heterocycles. The van der Waals surface area contributed by atoms with Crippen LogP contribution >= 0.6 is 12.2 Å². The van der Waals surface area contributed by atoms with Crippen molar-refractivity contribution in [2.24, 2.45) is 5.73 Å². The highest BCUT2D eigenvalue weighted by Crippen LogP contribution is 2.33. The summed E-state index contributed by atoms with van der Waals surface area (Å²) >= 11 is 4.70. The molecule has 1 aliphatic carbocycles. The third-order valence-electron chi connectivity index (χ3n) is 2.52. The summed E-state index contributed by atoms with van der Waals surface area (Å²) in [6.45, 7) is -1.02. The fourth-order valence-corrected chi connectivity index (χ4v) is 1.68. The van der Waals surface area contributed by atoms with E-state index in [-0.39, 0.29) is 16.8 Å². The number of halogens is 3. The molecule has 1 fully saturated rings. The van der Waals surface area contributed by atoms with Gasteiger partial charge in [-0.25, -0.2) is 9.97 Å². The largest absolute Gasteiger partial charge is 0.405 e. The van der Waals surface area contributed by atoms with Gasteiger partial charge in [-0.15, -0.1) is 0 Å². The van der Waals surface area contributed by atoms with Gasteiger partial charge in [0.15, 0.2) is 0 Å². The zero-order chi connectivity index (χ0) is 13.3. The molecule has 0 saturated heterocycles. The Morgan fingerprint density at radius 1 is 1.39 bits per heavy atom. The fraction of sp³-hybridized carbons (Fsp3) is 0.500. The number of rotatable bonds is 4. The number of aromatic nitrogens is 2. The topological polar surface area (TPSA) is 55.0 Å². The number of hydrogen-bond acceptors (Lipinski definition) is 4. The molecule has 98 valence electrons. The Bertz CT molecular complexity index is 441. The molecule has 0 aromatic carbocycles. The lowest BCUT2D eigenvalue weighted by molar-refractivity contribution is -0.120. The molecule has 8 heteroatoms. The minimum Gasteiger partial charge on any atom is -0.388 e. The van der Waals surface area contributed by atoms with Gasteiger partial charge in [0, 0.05) is 6.04 Å². The molecule has 1 saturated carbocycles. The van der Waals surface area contributed by atoms with Gasteiger partial charge in [0.1, 0.15) is 23.0 Å². The van der Waals surface area contributed by atoms with Crippen molar-refractivity contribution in [1.29, 1.82) is 0 Å². The van der Waals surface area contributed by atoms with E-state index in [1.807, 2.05) is 0 Å². The van der Waals surface area contributed by atoms with E-state index in [2.05, 4.69) is 9.97 Å². The Morgan fingerprint density at radius 3 is 2.44 bits per heavy atom. The Balaban J connectivity index is 2.18. The summed E-state index contributed by atoms with van der Waals surface area (Å²) in [5.41, 5.74) is 5.65. The van der Waals surface area contributed by atoms with Crippen LogP contribution in [0.1, 0.15) is 18.5 Å². The lowest BCUT2D eigenvalue weighted by Crippen LogP contribution is -2.36. The van der Waals surface area contributed by atoms with Crippen molar-refractivity contribution >= 4 is 23.0 Å². The first-order valence-electron chi connectivity index (χ1n) is 5.32. The second-order valence-corrected chi connectivity index (χ2v) is 4.54. The van der Waals surface area contributed by atoms with E-state index in [4.69, 9.17) is 18.0 Å². The van der Waals surface area contributed by atoms with E-state index in [9.17, 15) is 13.2 Å². The third-order valence-corrected chi connectivity index (χ3v) is 2.73. The number of nitrogens with zero attached hydrogens (tertiary/aromatic N) is 3. The van der Waals surface area contributed by atoms with Gasteiger partial charge in [0.05, 0.1) is 12.4 Å². The van der Waals surface area contributed by atoms with Crippen LogP contribution in [0, 0.1) is 0 Å². The SMILES string of the molecule is NC(=S)c1cnc(N(CC(F)(F)F)C2CC2)cn1. The van der Waals surface area contributed by atoms with Crippen LogP contribution in [0.25, 0.3) is 0 Å². The highest BCUT2D eigenvalue weighted by molar-refractivity contribution is 7.80. The van der Waals surface area contributed by atoms with Crippen molar-refractivity contribution in [3.8, 4) is 0 Å². The Kier molecular flexibility index (Phi) is 3.38. The summed E-state index contributed by atoms with van der Waals surface area (Å²) in [5, 5.41) is 0. The van der Waals surface area contributed by atoms with Crippen LogP contribution in [0.3, 0.4) is 0 Å². The molecule has 2 rings (SSSR count). The molecule has 0 radical (unpaired) electrons. The summed E-state index contributed by atoms with van der Waals surface area (Å²) in [7, 11) is 0. The van der Waals surface area contributed by atoms with E-state index in [0.29, 0.717) is 5.69 Å². The maximum Gasteiger partial charge on any atom is 0.405 e. The van der Waals surface area contributed by atoms with E-state index in [1.54, 1.807) is 0 Å². The maximum absolute atomic E-state index is 12.5. The molecule has 0 atom stereocenters. The zero-order valence-corrected chi connectivity index (χ0v) is 10.1. The molecule has 1 aliphatic rings. The molecule has 1 aromatic rings. The van der Waals surface area contributed by atoms with Crippen molar-refractivity contribution in [3.63, 3.8) is 0 Å². The van der Waals surface area contributed by atoms with Crippen molar-refractivity contribution in [1.82, 2.24) is 9.97 Å². The standard InChI is InChI=1S/C10H11F3N4S/c11-10(12,13)5-17(6-1-2-6)8-4-15-7(3-16-8)9(14)18/h3-4,6H,1-2,5H2,(H2,14,18). The molecule has 0 bridgehead atoms. The second kappa shape index (κ2) is 4.68. The van der Waals surface area contributed by atoms with Crippen molar-refractivity contribution < 1.29 is 13.2 Å². The molecule has 18 heavy (non-hydrogen) atoms. The van der Waals surface area contributed by atoms with Crippen molar-refractivity contribution in [2.75, 3.05) is 11.4 Å². The molecule has 0 amide bonds. The van der Waals surface area contributed by atoms with Crippen LogP contribution in [-0.2, 0) is 0 Å². The maximum atomic E-state index is 12.5. The summed E-state index contributed by atoms with van der Waals surface area (Å²) in [6, 6.07) is -0.100. The van der Waals surface area contributed by atoms with Gasteiger partial charge in [0.2, 0.25) is 0 Å². The lowest BCUT2D eigenvalue weighted by atomic mass is 10.4. The highest BCUT2D eigenvalue weighted by Gasteiger charge is 2.38. The fourth-order valence-electron chi connectivity index (χ4n) is 1.57. The van der Waals surface area contributed by atoms with E-state index in [1.165, 1.54) is 17.3 Å². The summed E-state index contributed by atoms with van der Waals surface area (Å²) in [5.74, 6) is 0.204. The van der Waals surface area contributed by atoms with Gasteiger partial charge in [-0.2, -0.15) is 13.2 Å². The zero-order valence-electron chi connectivity index (χ0n) is 9.31. The number of anilines is 1. The molecule has 0 aliphatic heterocycles. The van der Waals surface area contributed by atoms with Crippen LogP contribution in [0.4, 0.5) is 19.0 Å². The molecule has 4 nitrogen and oxygen atoms in total. The van der Waals surface area contributed by atoms with Crippen molar-refractivity contribution in [2.45, 2.75) is 25.1 Å². The van der Waals surface area contributed by atoms with Crippen LogP contribution in [0.15, 0.2) is 12.4 Å². The predicted octanol–water partition coefficient (Wildman–Crippen LogP) is 1.64. The minimum atomic E-state index is -4.26. The molecule has 0 unspecified atom stereocenters. The van der Waals surface area contributed by atoms with Gasteiger partial charge in [-0.05, 0) is 12.8 Å². The van der Waals surface area contributed by atoms with E-state index in [0.717, 1.165) is 12.8 Å². The normalized spacial score (nSPS) is 15.5. The van der Waals surface area contributed by atoms with Gasteiger partial charge in [0.25, 0.3) is 0 Å². The van der Waals surface area contributed by atoms with Crippen LogP contribution in [0.2, 0.25) is 0 Å². The van der Waals surface area contributed by atoms with Gasteiger partial charge in [-0.1, -0.05) is 12.2 Å². The summed E-state index contributed by atoms with van der Waals surface area (Å²) < 4.78 is 37.4. The lowest BCUT2D eigenvalue weighted by Gasteiger charge is -2.24. The summed E-state index contributed by atoms with van der Waals surface area (Å²) in [6.07, 6.45) is -0.197. The average molecular weight is 276 g/mol. The molecule has 1 aromatic heterocycles. The number of nitrogens with two attached hydrogens (primary N) is 1. The Morgan fingerprint density at radius 2 is 2.06 bits per heavy atom. The monoisotopic (exact) mass is 276 g/mol. The average Bonchev–Trinajstić information content (AvgIpc) is 3.08. The smallest absolute Gasteiger partial charge is 0.388 e. The minimum absolute atomic E-state index is 0.0721. The van der Waals surface area contributed by atoms with Crippen molar-refractivity contribution in [3.05, 3.63) is 18.1 Å². The molecule has 2 N–H and O–H groups in total. The van der Waals surface area contributed by atoms with Crippen LogP contribution in [-0.4, -0.2) is 33.7 Å². The quantitative estimate of drug-likeness (QED) is 0.847. The van der Waals surface area contributed by atoms with Crippen LogP contribution in [0.5, 0.6) is 0 Å². The molecule has 0 spiro atoms. The first kappa shape index (κ1) is 13.0. The third kappa shape index (κ3) is 3.28. The molecular weight excluding hydrogens is 265 g/mol. The second-order valence-electron chi connectivity index (χ2n) is 4.10. The molecular formula is C10H11F3N4S. The number of thiocarbonyl (C=S) groups is 1. The first-order chi connectivity index (χ1) is 8.37. The number of hydrogen-bond donors (Lipinski definition) is 1. The Labute approximate surface area is 107 Å². The Hall–Kier alpha value is -1.44. The van der Waals surface area contributed by atoms with Gasteiger partial charge >= 0.3 is 6.18 Å². The van der Waals surface area contributed by atoms with E-state index < -0.39 is 12.7 Å².